The number of rotatable bonds is 2. The topological polar surface area (TPSA) is 0 Å². The van der Waals surface area contributed by atoms with Crippen LogP contribution in [0.4, 0.5) is 0 Å². The fraction of sp³-hybridized carbons (Fsp3) is 0.400. The second-order valence-electron chi connectivity index (χ2n) is 2.65. The minimum atomic E-state index is 1.16. The first-order valence-corrected chi connectivity index (χ1v) is 4.93. The molecule has 1 heteroatoms. The van der Waals surface area contributed by atoms with E-state index in [1.807, 2.05) is 11.8 Å². The number of hydrogen-bond acceptors (Lipinski definition) is 1. The Balaban J connectivity index is 3.00. The van der Waals surface area contributed by atoms with Gasteiger partial charge in [0, 0.05) is 4.90 Å². The normalized spacial score (nSPS) is 10.1. The smallest absolute Gasteiger partial charge is 0.0130 e. The maximum atomic E-state index is 2.19. The lowest BCUT2D eigenvalue weighted by atomic mass is 10.2. The maximum absolute atomic E-state index is 2.19. The van der Waals surface area contributed by atoms with Gasteiger partial charge in [0.1, 0.15) is 0 Å². The average Bonchev–Trinajstić information content (AvgIpc) is 1.97. The lowest BCUT2D eigenvalue weighted by Crippen LogP contribution is -1.84. The Hall–Kier alpha value is -0.430. The molecule has 0 N–H and O–H groups in total. The monoisotopic (exact) mass is 166 g/mol. The first-order chi connectivity index (χ1) is 5.25. The minimum Gasteiger partial charge on any atom is -0.126 e. The van der Waals surface area contributed by atoms with E-state index >= 15 is 0 Å². The molecule has 11 heavy (non-hydrogen) atoms. The fourth-order valence-corrected chi connectivity index (χ4v) is 2.05. The predicted octanol–water partition coefficient (Wildman–Crippen LogP) is 3.42. The molecule has 0 unspecified atom stereocenters. The van der Waals surface area contributed by atoms with E-state index < -0.39 is 0 Å². The van der Waals surface area contributed by atoms with Crippen molar-refractivity contribution >= 4 is 11.8 Å². The maximum Gasteiger partial charge on any atom is 0.0130 e. The molecule has 0 aromatic heterocycles. The van der Waals surface area contributed by atoms with Gasteiger partial charge < -0.3 is 0 Å². The number of benzene rings is 1. The van der Waals surface area contributed by atoms with Crippen molar-refractivity contribution in [2.24, 2.45) is 0 Å². The second-order valence-corrected chi connectivity index (χ2v) is 3.93. The van der Waals surface area contributed by atoms with E-state index in [4.69, 9.17) is 0 Å². The van der Waals surface area contributed by atoms with Crippen LogP contribution in [0.5, 0.6) is 0 Å². The van der Waals surface area contributed by atoms with E-state index in [-0.39, 0.29) is 0 Å². The highest BCUT2D eigenvalue weighted by Crippen LogP contribution is 2.25. The van der Waals surface area contributed by atoms with Crippen LogP contribution in [0.15, 0.2) is 23.1 Å². The van der Waals surface area contributed by atoms with Gasteiger partial charge in [0.15, 0.2) is 0 Å². The predicted molar refractivity (Wildman–Crippen MR) is 52.3 cm³/mol. The summed E-state index contributed by atoms with van der Waals surface area (Å²) in [5, 5.41) is 0. The van der Waals surface area contributed by atoms with E-state index in [0.29, 0.717) is 0 Å². The molecule has 0 nitrogen and oxygen atoms in total. The van der Waals surface area contributed by atoms with Crippen molar-refractivity contribution < 1.29 is 0 Å². The second kappa shape index (κ2) is 3.82. The molecule has 60 valence electrons. The molecule has 0 fully saturated rings. The lowest BCUT2D eigenvalue weighted by Gasteiger charge is -2.06. The summed E-state index contributed by atoms with van der Waals surface area (Å²) in [5.74, 6) is 1.16. The summed E-state index contributed by atoms with van der Waals surface area (Å²) >= 11 is 1.93. The fourth-order valence-electron chi connectivity index (χ4n) is 1.17. The lowest BCUT2D eigenvalue weighted by molar-refractivity contribution is 1.21. The summed E-state index contributed by atoms with van der Waals surface area (Å²) in [6, 6.07) is 6.46. The zero-order valence-electron chi connectivity index (χ0n) is 7.35. The third-order valence-corrected chi connectivity index (χ3v) is 2.92. The largest absolute Gasteiger partial charge is 0.126 e. The van der Waals surface area contributed by atoms with Gasteiger partial charge in [-0.2, -0.15) is 0 Å². The Kier molecular flexibility index (Phi) is 3.01. The van der Waals surface area contributed by atoms with Gasteiger partial charge in [0.05, 0.1) is 0 Å². The van der Waals surface area contributed by atoms with Crippen molar-refractivity contribution in [3.05, 3.63) is 29.3 Å². The van der Waals surface area contributed by atoms with Crippen LogP contribution in [-0.4, -0.2) is 5.75 Å². The molecule has 0 saturated heterocycles. The molecule has 0 aliphatic carbocycles. The molecule has 0 bridgehead atoms. The zero-order chi connectivity index (χ0) is 8.27. The average molecular weight is 166 g/mol. The Morgan fingerprint density at radius 2 is 1.73 bits per heavy atom. The minimum absolute atomic E-state index is 1.16. The highest BCUT2D eigenvalue weighted by Gasteiger charge is 1.99. The van der Waals surface area contributed by atoms with Gasteiger partial charge in [-0.05, 0) is 30.7 Å². The van der Waals surface area contributed by atoms with Crippen LogP contribution in [0.1, 0.15) is 18.1 Å². The Morgan fingerprint density at radius 3 is 2.18 bits per heavy atom. The van der Waals surface area contributed by atoms with Crippen LogP contribution in [0.25, 0.3) is 0 Å². The van der Waals surface area contributed by atoms with Crippen molar-refractivity contribution in [3.63, 3.8) is 0 Å². The van der Waals surface area contributed by atoms with E-state index in [1.54, 1.807) is 0 Å². The molecule has 0 saturated carbocycles. The number of aryl methyl sites for hydroxylation is 2. The van der Waals surface area contributed by atoms with Gasteiger partial charge in [-0.15, -0.1) is 11.8 Å². The molecule has 1 aromatic carbocycles. The van der Waals surface area contributed by atoms with Gasteiger partial charge in [-0.1, -0.05) is 25.1 Å². The quantitative estimate of drug-likeness (QED) is 0.607. The molecule has 0 radical (unpaired) electrons. The van der Waals surface area contributed by atoms with E-state index in [1.165, 1.54) is 16.0 Å². The Bertz CT molecular complexity index is 220. The zero-order valence-corrected chi connectivity index (χ0v) is 8.16. The van der Waals surface area contributed by atoms with Crippen molar-refractivity contribution in [2.75, 3.05) is 5.75 Å². The summed E-state index contributed by atoms with van der Waals surface area (Å²) in [6.07, 6.45) is 0. The SMILES string of the molecule is CCSc1c(C)cccc1C. The molecule has 0 heterocycles. The summed E-state index contributed by atoms with van der Waals surface area (Å²) in [4.78, 5) is 1.45. The van der Waals surface area contributed by atoms with Crippen LogP contribution in [0.2, 0.25) is 0 Å². The van der Waals surface area contributed by atoms with Gasteiger partial charge in [-0.3, -0.25) is 0 Å². The molecule has 0 aliphatic rings. The first-order valence-electron chi connectivity index (χ1n) is 3.94. The van der Waals surface area contributed by atoms with Crippen molar-refractivity contribution in [2.45, 2.75) is 25.7 Å². The third-order valence-electron chi connectivity index (χ3n) is 1.70. The third kappa shape index (κ3) is 2.00. The van der Waals surface area contributed by atoms with Gasteiger partial charge in [0.25, 0.3) is 0 Å². The molecular weight excluding hydrogens is 152 g/mol. The molecule has 0 amide bonds. The summed E-state index contributed by atoms with van der Waals surface area (Å²) in [5.41, 5.74) is 2.80. The molecule has 0 aliphatic heterocycles. The molecule has 0 spiro atoms. The molecular formula is C10H14S. The van der Waals surface area contributed by atoms with Crippen LogP contribution in [0.3, 0.4) is 0 Å². The Labute approximate surface area is 73.0 Å². The van der Waals surface area contributed by atoms with Crippen molar-refractivity contribution in [1.29, 1.82) is 0 Å². The number of thioether (sulfide) groups is 1. The van der Waals surface area contributed by atoms with Crippen molar-refractivity contribution in [3.8, 4) is 0 Å². The Morgan fingerprint density at radius 1 is 1.18 bits per heavy atom. The molecule has 0 atom stereocenters. The summed E-state index contributed by atoms with van der Waals surface area (Å²) < 4.78 is 0. The summed E-state index contributed by atoms with van der Waals surface area (Å²) in [6.45, 7) is 6.53. The van der Waals surface area contributed by atoms with Crippen molar-refractivity contribution in [1.82, 2.24) is 0 Å². The van der Waals surface area contributed by atoms with E-state index in [9.17, 15) is 0 Å². The highest BCUT2D eigenvalue weighted by molar-refractivity contribution is 7.99. The van der Waals surface area contributed by atoms with Gasteiger partial charge >= 0.3 is 0 Å². The highest BCUT2D eigenvalue weighted by atomic mass is 32.2. The van der Waals surface area contributed by atoms with Crippen LogP contribution in [0, 0.1) is 13.8 Å². The van der Waals surface area contributed by atoms with E-state index in [0.717, 1.165) is 5.75 Å². The number of hydrogen-bond donors (Lipinski definition) is 0. The van der Waals surface area contributed by atoms with E-state index in [2.05, 4.69) is 39.0 Å². The standard InChI is InChI=1S/C10H14S/c1-4-11-10-8(2)6-5-7-9(10)3/h5-7H,4H2,1-3H3. The molecule has 1 aromatic rings. The van der Waals surface area contributed by atoms with Crippen LogP contribution >= 0.6 is 11.8 Å². The van der Waals surface area contributed by atoms with Crippen LogP contribution < -0.4 is 0 Å². The first kappa shape index (κ1) is 8.66. The molecule has 1 rings (SSSR count). The van der Waals surface area contributed by atoms with Gasteiger partial charge in [-0.25, -0.2) is 0 Å². The summed E-state index contributed by atoms with van der Waals surface area (Å²) in [7, 11) is 0. The van der Waals surface area contributed by atoms with Crippen LogP contribution in [-0.2, 0) is 0 Å². The van der Waals surface area contributed by atoms with Gasteiger partial charge in [0.2, 0.25) is 0 Å².